The van der Waals surface area contributed by atoms with E-state index in [1.165, 1.54) is 6.07 Å². The molecule has 3 heterocycles. The average Bonchev–Trinajstić information content (AvgIpc) is 3.18. The van der Waals surface area contributed by atoms with Crippen LogP contribution >= 0.6 is 0 Å². The lowest BCUT2D eigenvalue weighted by Gasteiger charge is -2.11. The maximum atomic E-state index is 14.2. The van der Waals surface area contributed by atoms with Gasteiger partial charge in [0.15, 0.2) is 17.4 Å². The Morgan fingerprint density at radius 2 is 1.84 bits per heavy atom. The van der Waals surface area contributed by atoms with Crippen molar-refractivity contribution in [2.75, 3.05) is 19.5 Å². The lowest BCUT2D eigenvalue weighted by atomic mass is 10.1. The second-order valence-electron chi connectivity index (χ2n) is 6.91. The van der Waals surface area contributed by atoms with Crippen LogP contribution in [0.25, 0.3) is 11.5 Å². The Morgan fingerprint density at radius 3 is 2.53 bits per heavy atom. The van der Waals surface area contributed by atoms with Crippen molar-refractivity contribution in [2.45, 2.75) is 19.9 Å². The van der Waals surface area contributed by atoms with E-state index in [0.717, 1.165) is 11.3 Å². The minimum atomic E-state index is -0.297. The first-order valence-corrected chi connectivity index (χ1v) is 10.1. The number of rotatable bonds is 8. The van der Waals surface area contributed by atoms with E-state index in [9.17, 15) is 4.39 Å². The molecule has 0 amide bonds. The van der Waals surface area contributed by atoms with Gasteiger partial charge in [0.2, 0.25) is 5.88 Å². The molecule has 0 bridgehead atoms. The van der Waals surface area contributed by atoms with Crippen molar-refractivity contribution in [2.24, 2.45) is 0 Å². The van der Waals surface area contributed by atoms with Gasteiger partial charge >= 0.3 is 0 Å². The molecule has 0 fully saturated rings. The number of nitrogens with one attached hydrogen (secondary N) is 1. The minimum Gasteiger partial charge on any atom is -0.491 e. The van der Waals surface area contributed by atoms with Crippen LogP contribution in [0.5, 0.6) is 11.6 Å². The van der Waals surface area contributed by atoms with E-state index < -0.39 is 0 Å². The number of anilines is 2. The molecule has 0 radical (unpaired) electrons. The molecule has 4 rings (SSSR count). The number of halogens is 1. The Kier molecular flexibility index (Phi) is 6.25. The Labute approximate surface area is 185 Å². The molecule has 164 valence electrons. The number of nitrogens with zero attached hydrogens (tertiary/aromatic N) is 5. The zero-order valence-electron chi connectivity index (χ0n) is 18.0. The summed E-state index contributed by atoms with van der Waals surface area (Å²) < 4.78 is 26.9. The monoisotopic (exact) mass is 434 g/mol. The van der Waals surface area contributed by atoms with Gasteiger partial charge in [0.25, 0.3) is 0 Å². The number of ether oxygens (including phenoxy) is 2. The van der Waals surface area contributed by atoms with Crippen molar-refractivity contribution in [3.63, 3.8) is 0 Å². The number of hydrogen-bond donors (Lipinski definition) is 1. The number of benzene rings is 1. The molecule has 8 nitrogen and oxygen atoms in total. The molecule has 0 saturated heterocycles. The number of methoxy groups -OCH3 is 2. The highest BCUT2D eigenvalue weighted by molar-refractivity contribution is 5.66. The first-order chi connectivity index (χ1) is 15.6. The molecule has 9 heteroatoms. The molecule has 3 aromatic heterocycles. The van der Waals surface area contributed by atoms with E-state index in [4.69, 9.17) is 9.47 Å². The van der Waals surface area contributed by atoms with Crippen LogP contribution in [0.2, 0.25) is 0 Å². The van der Waals surface area contributed by atoms with Gasteiger partial charge in [0, 0.05) is 29.2 Å². The van der Waals surface area contributed by atoms with Crippen molar-refractivity contribution in [3.8, 4) is 23.1 Å². The number of pyridine rings is 1. The minimum absolute atomic E-state index is 0.223. The maximum Gasteiger partial charge on any atom is 0.215 e. The van der Waals surface area contributed by atoms with E-state index >= 15 is 0 Å². The summed E-state index contributed by atoms with van der Waals surface area (Å²) in [5.74, 6) is 1.64. The van der Waals surface area contributed by atoms with Crippen molar-refractivity contribution in [1.29, 1.82) is 0 Å². The van der Waals surface area contributed by atoms with E-state index in [1.54, 1.807) is 55.7 Å². The molecule has 32 heavy (non-hydrogen) atoms. The molecule has 0 aliphatic rings. The average molecular weight is 434 g/mol. The van der Waals surface area contributed by atoms with E-state index in [0.29, 0.717) is 40.9 Å². The Bertz CT molecular complexity index is 1210. The molecule has 4 aromatic rings. The Balaban J connectivity index is 1.76. The number of aromatic nitrogens is 5. The predicted octanol–water partition coefficient (Wildman–Crippen LogP) is 4.25. The predicted molar refractivity (Wildman–Crippen MR) is 119 cm³/mol. The first kappa shape index (κ1) is 21.2. The molecule has 0 atom stereocenters. The van der Waals surface area contributed by atoms with Crippen LogP contribution < -0.4 is 14.8 Å². The lowest BCUT2D eigenvalue weighted by molar-refractivity contribution is 0.362. The molecule has 0 unspecified atom stereocenters. The van der Waals surface area contributed by atoms with Gasteiger partial charge in [-0.15, -0.1) is 0 Å². The summed E-state index contributed by atoms with van der Waals surface area (Å²) in [6.45, 7) is 2.22. The summed E-state index contributed by atoms with van der Waals surface area (Å²) in [6, 6.07) is 10.2. The zero-order chi connectivity index (χ0) is 22.5. The van der Waals surface area contributed by atoms with Gasteiger partial charge in [0.05, 0.1) is 27.0 Å². The maximum absolute atomic E-state index is 14.2. The summed E-state index contributed by atoms with van der Waals surface area (Å²) in [6.07, 6.45) is 5.59. The van der Waals surface area contributed by atoms with Crippen molar-refractivity contribution in [1.82, 2.24) is 24.7 Å². The Morgan fingerprint density at radius 1 is 1.06 bits per heavy atom. The zero-order valence-corrected chi connectivity index (χ0v) is 18.0. The van der Waals surface area contributed by atoms with Crippen LogP contribution in [-0.4, -0.2) is 39.0 Å². The molecular weight excluding hydrogens is 411 g/mol. The van der Waals surface area contributed by atoms with E-state index in [-0.39, 0.29) is 12.4 Å². The normalized spacial score (nSPS) is 10.8. The quantitative estimate of drug-likeness (QED) is 0.444. The highest BCUT2D eigenvalue weighted by Crippen LogP contribution is 2.33. The molecule has 1 aromatic carbocycles. The van der Waals surface area contributed by atoms with Crippen LogP contribution in [0.15, 0.2) is 55.0 Å². The van der Waals surface area contributed by atoms with Gasteiger partial charge in [-0.05, 0) is 24.6 Å². The van der Waals surface area contributed by atoms with Gasteiger partial charge in [-0.25, -0.2) is 19.0 Å². The SMILES string of the molecule is CCc1c(-c2ncc(OC)c(Nc3ccncc3)n2)nn(Cc2ccccc2F)c1OC. The molecule has 0 aliphatic heterocycles. The van der Waals surface area contributed by atoms with Gasteiger partial charge in [0.1, 0.15) is 11.5 Å². The smallest absolute Gasteiger partial charge is 0.215 e. The van der Waals surface area contributed by atoms with Gasteiger partial charge in [-0.1, -0.05) is 25.1 Å². The molecular formula is C23H23FN6O2. The van der Waals surface area contributed by atoms with Crippen LogP contribution in [0, 0.1) is 5.82 Å². The molecule has 0 saturated carbocycles. The highest BCUT2D eigenvalue weighted by Gasteiger charge is 2.22. The third kappa shape index (κ3) is 4.22. The van der Waals surface area contributed by atoms with Gasteiger partial charge < -0.3 is 14.8 Å². The third-order valence-corrected chi connectivity index (χ3v) is 4.95. The van der Waals surface area contributed by atoms with Crippen molar-refractivity contribution < 1.29 is 13.9 Å². The van der Waals surface area contributed by atoms with Crippen LogP contribution in [0.3, 0.4) is 0 Å². The molecule has 0 aliphatic carbocycles. The summed E-state index contributed by atoms with van der Waals surface area (Å²) in [4.78, 5) is 13.1. The lowest BCUT2D eigenvalue weighted by Crippen LogP contribution is -2.06. The van der Waals surface area contributed by atoms with Crippen molar-refractivity contribution in [3.05, 3.63) is 71.9 Å². The second-order valence-corrected chi connectivity index (χ2v) is 6.91. The van der Waals surface area contributed by atoms with Crippen LogP contribution in [0.4, 0.5) is 15.9 Å². The fourth-order valence-corrected chi connectivity index (χ4v) is 3.40. The first-order valence-electron chi connectivity index (χ1n) is 10.1. The summed E-state index contributed by atoms with van der Waals surface area (Å²) >= 11 is 0. The summed E-state index contributed by atoms with van der Waals surface area (Å²) in [5.41, 5.74) is 2.73. The van der Waals surface area contributed by atoms with Gasteiger partial charge in [-0.3, -0.25) is 4.98 Å². The topological polar surface area (TPSA) is 87.0 Å². The van der Waals surface area contributed by atoms with Gasteiger partial charge in [-0.2, -0.15) is 5.10 Å². The molecule has 0 spiro atoms. The summed E-state index contributed by atoms with van der Waals surface area (Å²) in [7, 11) is 3.13. The summed E-state index contributed by atoms with van der Waals surface area (Å²) in [5, 5.41) is 7.91. The number of hydrogen-bond acceptors (Lipinski definition) is 7. The Hall–Kier alpha value is -4.01. The van der Waals surface area contributed by atoms with E-state index in [2.05, 4.69) is 25.4 Å². The van der Waals surface area contributed by atoms with Crippen LogP contribution in [-0.2, 0) is 13.0 Å². The van der Waals surface area contributed by atoms with Crippen molar-refractivity contribution >= 4 is 11.5 Å². The molecule has 1 N–H and O–H groups in total. The third-order valence-electron chi connectivity index (χ3n) is 4.95. The van der Waals surface area contributed by atoms with Crippen LogP contribution in [0.1, 0.15) is 18.1 Å². The fraction of sp³-hybridized carbons (Fsp3) is 0.217. The van der Waals surface area contributed by atoms with E-state index in [1.807, 2.05) is 19.1 Å². The largest absolute Gasteiger partial charge is 0.491 e. The highest BCUT2D eigenvalue weighted by atomic mass is 19.1. The standard InChI is InChI=1S/C23H23FN6O2/c1-4-17-20(29-30(23(17)32-3)14-15-7-5-6-8-18(15)24)22-26-13-19(31-2)21(28-22)27-16-9-11-25-12-10-16/h5-13H,4,14H2,1-3H3,(H,25,26,27,28). The fourth-order valence-electron chi connectivity index (χ4n) is 3.40. The second kappa shape index (κ2) is 9.42.